The first-order chi connectivity index (χ1) is 6.16. The highest BCUT2D eigenvalue weighted by atomic mass is 127. The third-order valence-electron chi connectivity index (χ3n) is 1.78. The molecule has 0 aliphatic carbocycles. The van der Waals surface area contributed by atoms with Gasteiger partial charge >= 0.3 is 0 Å². The van der Waals surface area contributed by atoms with Crippen molar-refractivity contribution in [1.29, 1.82) is 0 Å². The molecule has 13 heavy (non-hydrogen) atoms. The second-order valence-electron chi connectivity index (χ2n) is 2.71. The van der Waals surface area contributed by atoms with Gasteiger partial charge in [0.1, 0.15) is 5.75 Å². The van der Waals surface area contributed by atoms with Crippen LogP contribution in [0.1, 0.15) is 0 Å². The molecule has 0 atom stereocenters. The molecule has 0 spiro atoms. The van der Waals surface area contributed by atoms with Crippen molar-refractivity contribution in [1.82, 2.24) is 4.98 Å². The van der Waals surface area contributed by atoms with Crippen molar-refractivity contribution in [3.05, 3.63) is 38.2 Å². The molecule has 0 saturated heterocycles. The number of hydrogen-bond donors (Lipinski definition) is 2. The van der Waals surface area contributed by atoms with Gasteiger partial charge in [-0.2, -0.15) is 0 Å². The lowest BCUT2D eigenvalue weighted by molar-refractivity contribution is 0.480. The molecule has 4 heteroatoms. The Hall–Kier alpha value is -1.04. The number of halogens is 1. The Labute approximate surface area is 87.6 Å². The van der Waals surface area contributed by atoms with Crippen molar-refractivity contribution >= 4 is 33.5 Å². The Balaban J connectivity index is 2.94. The van der Waals surface area contributed by atoms with E-state index in [-0.39, 0.29) is 11.3 Å². The molecule has 1 heterocycles. The zero-order valence-electron chi connectivity index (χ0n) is 6.54. The number of pyridine rings is 1. The van der Waals surface area contributed by atoms with Crippen molar-refractivity contribution in [3.8, 4) is 5.75 Å². The van der Waals surface area contributed by atoms with E-state index >= 15 is 0 Å². The molecule has 2 aromatic rings. The first kappa shape index (κ1) is 8.55. The summed E-state index contributed by atoms with van der Waals surface area (Å²) >= 11 is 2.15. The van der Waals surface area contributed by atoms with E-state index < -0.39 is 0 Å². The van der Waals surface area contributed by atoms with Gasteiger partial charge in [0.25, 0.3) is 5.56 Å². The van der Waals surface area contributed by atoms with Gasteiger partial charge in [-0.15, -0.1) is 0 Å². The van der Waals surface area contributed by atoms with Gasteiger partial charge < -0.3 is 10.1 Å². The summed E-state index contributed by atoms with van der Waals surface area (Å²) in [7, 11) is 0. The Bertz CT molecular complexity index is 518. The number of fused-ring (bicyclic) bond motifs is 1. The maximum Gasteiger partial charge on any atom is 0.252 e. The van der Waals surface area contributed by atoms with Crippen molar-refractivity contribution < 1.29 is 5.11 Å². The highest BCUT2D eigenvalue weighted by Gasteiger charge is 2.01. The normalized spacial score (nSPS) is 10.5. The highest BCUT2D eigenvalue weighted by molar-refractivity contribution is 14.1. The molecule has 66 valence electrons. The third-order valence-corrected chi connectivity index (χ3v) is 2.45. The van der Waals surface area contributed by atoms with E-state index in [0.717, 1.165) is 3.57 Å². The second kappa shape index (κ2) is 3.02. The van der Waals surface area contributed by atoms with Crippen LogP contribution in [0.25, 0.3) is 10.9 Å². The topological polar surface area (TPSA) is 53.1 Å². The van der Waals surface area contributed by atoms with Gasteiger partial charge in [0.2, 0.25) is 0 Å². The van der Waals surface area contributed by atoms with Crippen molar-refractivity contribution in [2.75, 3.05) is 0 Å². The van der Waals surface area contributed by atoms with Crippen LogP contribution in [-0.4, -0.2) is 10.1 Å². The van der Waals surface area contributed by atoms with Gasteiger partial charge in [-0.25, -0.2) is 0 Å². The molecular weight excluding hydrogens is 281 g/mol. The minimum absolute atomic E-state index is 0.0233. The van der Waals surface area contributed by atoms with Crippen LogP contribution in [0.4, 0.5) is 0 Å². The molecule has 2 rings (SSSR count). The lowest BCUT2D eigenvalue weighted by Crippen LogP contribution is -2.02. The predicted octanol–water partition coefficient (Wildman–Crippen LogP) is 1.84. The molecule has 1 aromatic carbocycles. The maximum absolute atomic E-state index is 11.0. The number of benzene rings is 1. The first-order valence-corrected chi connectivity index (χ1v) is 4.76. The number of aromatic amines is 1. The molecule has 0 unspecified atom stereocenters. The standard InChI is InChI=1S/C9H6INO2/c10-5-1-2-6-7(3-5)11-9(13)4-8(6)12/h1-4H,(H2,11,12,13). The monoisotopic (exact) mass is 287 g/mol. The molecule has 3 nitrogen and oxygen atoms in total. The molecule has 0 aliphatic rings. The summed E-state index contributed by atoms with van der Waals surface area (Å²) in [6.45, 7) is 0. The first-order valence-electron chi connectivity index (χ1n) is 3.68. The van der Waals surface area contributed by atoms with Gasteiger partial charge in [-0.05, 0) is 40.8 Å². The van der Waals surface area contributed by atoms with E-state index in [4.69, 9.17) is 0 Å². The lowest BCUT2D eigenvalue weighted by atomic mass is 10.2. The zero-order valence-corrected chi connectivity index (χ0v) is 8.70. The number of nitrogens with one attached hydrogen (secondary N) is 1. The van der Waals surface area contributed by atoms with Gasteiger partial charge in [0.15, 0.2) is 0 Å². The fourth-order valence-corrected chi connectivity index (χ4v) is 1.71. The summed E-state index contributed by atoms with van der Waals surface area (Å²) in [5.74, 6) is 0.0233. The van der Waals surface area contributed by atoms with Crippen molar-refractivity contribution in [3.63, 3.8) is 0 Å². The SMILES string of the molecule is O=c1cc(O)c2ccc(I)cc2[nH]1. The van der Waals surface area contributed by atoms with Gasteiger partial charge in [0, 0.05) is 15.0 Å². The lowest BCUT2D eigenvalue weighted by Gasteiger charge is -1.99. The Morgan fingerprint density at radius 3 is 2.85 bits per heavy atom. The van der Waals surface area contributed by atoms with Crippen LogP contribution in [0.5, 0.6) is 5.75 Å². The van der Waals surface area contributed by atoms with E-state index in [1.807, 2.05) is 12.1 Å². The van der Waals surface area contributed by atoms with Crippen LogP contribution in [0, 0.1) is 3.57 Å². The van der Waals surface area contributed by atoms with Crippen molar-refractivity contribution in [2.24, 2.45) is 0 Å². The molecule has 0 radical (unpaired) electrons. The Morgan fingerprint density at radius 1 is 1.31 bits per heavy atom. The second-order valence-corrected chi connectivity index (χ2v) is 3.95. The molecule has 0 saturated carbocycles. The molecule has 0 aliphatic heterocycles. The van der Waals surface area contributed by atoms with E-state index in [9.17, 15) is 9.90 Å². The zero-order chi connectivity index (χ0) is 9.42. The summed E-state index contributed by atoms with van der Waals surface area (Å²) in [6, 6.07) is 6.65. The molecule has 0 fully saturated rings. The van der Waals surface area contributed by atoms with E-state index in [1.165, 1.54) is 6.07 Å². The third kappa shape index (κ3) is 1.53. The van der Waals surface area contributed by atoms with Crippen LogP contribution in [0.3, 0.4) is 0 Å². The smallest absolute Gasteiger partial charge is 0.252 e. The van der Waals surface area contributed by atoms with Crippen LogP contribution in [-0.2, 0) is 0 Å². The fourth-order valence-electron chi connectivity index (χ4n) is 1.21. The van der Waals surface area contributed by atoms with Crippen LogP contribution in [0.2, 0.25) is 0 Å². The average molecular weight is 287 g/mol. The van der Waals surface area contributed by atoms with Gasteiger partial charge in [0.05, 0.1) is 5.52 Å². The molecular formula is C9H6INO2. The van der Waals surface area contributed by atoms with Gasteiger partial charge in [-0.1, -0.05) is 0 Å². The molecule has 2 N–H and O–H groups in total. The minimum atomic E-state index is -0.285. The molecule has 0 bridgehead atoms. The van der Waals surface area contributed by atoms with E-state index in [0.29, 0.717) is 10.9 Å². The summed E-state index contributed by atoms with van der Waals surface area (Å²) in [6.07, 6.45) is 0. The summed E-state index contributed by atoms with van der Waals surface area (Å²) < 4.78 is 1.02. The van der Waals surface area contributed by atoms with Gasteiger partial charge in [-0.3, -0.25) is 4.79 Å². The van der Waals surface area contributed by atoms with Crippen LogP contribution in [0.15, 0.2) is 29.1 Å². The fraction of sp³-hybridized carbons (Fsp3) is 0. The molecule has 1 aromatic heterocycles. The average Bonchev–Trinajstić information content (AvgIpc) is 2.02. The number of aromatic nitrogens is 1. The Kier molecular flexibility index (Phi) is 1.99. The van der Waals surface area contributed by atoms with Crippen LogP contribution < -0.4 is 5.56 Å². The predicted molar refractivity (Wildman–Crippen MR) is 59.0 cm³/mol. The number of rotatable bonds is 0. The van der Waals surface area contributed by atoms with E-state index in [1.54, 1.807) is 6.07 Å². The molecule has 0 amide bonds. The number of aromatic hydroxyl groups is 1. The quantitative estimate of drug-likeness (QED) is 0.726. The highest BCUT2D eigenvalue weighted by Crippen LogP contribution is 2.21. The van der Waals surface area contributed by atoms with E-state index in [2.05, 4.69) is 27.6 Å². The summed E-state index contributed by atoms with van der Waals surface area (Å²) in [4.78, 5) is 13.6. The summed E-state index contributed by atoms with van der Waals surface area (Å²) in [5.41, 5.74) is 0.379. The number of H-pyrrole nitrogens is 1. The largest absolute Gasteiger partial charge is 0.507 e. The summed E-state index contributed by atoms with van der Waals surface area (Å²) in [5, 5.41) is 10.1. The maximum atomic E-state index is 11.0. The Morgan fingerprint density at radius 2 is 2.08 bits per heavy atom. The minimum Gasteiger partial charge on any atom is -0.507 e. The van der Waals surface area contributed by atoms with Crippen LogP contribution >= 0.6 is 22.6 Å². The number of hydrogen-bond acceptors (Lipinski definition) is 2. The van der Waals surface area contributed by atoms with Crippen molar-refractivity contribution in [2.45, 2.75) is 0 Å².